The first-order chi connectivity index (χ1) is 10.1. The summed E-state index contributed by atoms with van der Waals surface area (Å²) in [7, 11) is 2.81. The molecule has 1 aliphatic heterocycles. The Balaban J connectivity index is 2.39. The van der Waals surface area contributed by atoms with Gasteiger partial charge in [-0.2, -0.15) is 0 Å². The molecule has 1 aromatic carbocycles. The zero-order valence-corrected chi connectivity index (χ0v) is 12.1. The zero-order valence-electron chi connectivity index (χ0n) is 12.1. The van der Waals surface area contributed by atoms with Crippen molar-refractivity contribution in [1.82, 2.24) is 0 Å². The number of hydrogen-bond donors (Lipinski definition) is 0. The number of nitrogens with zero attached hydrogens (tertiary/aromatic N) is 2. The topological polar surface area (TPSA) is 81.9 Å². The Morgan fingerprint density at radius 3 is 2.71 bits per heavy atom. The number of nitro benzene ring substituents is 1. The molecule has 7 nitrogen and oxygen atoms in total. The molecule has 1 unspecified atom stereocenters. The van der Waals surface area contributed by atoms with Crippen molar-refractivity contribution < 1.29 is 19.2 Å². The standard InChI is InChI=1S/C14H18N2O5/c1-20-12-8-10(7-11(9-12)16(18)19)15-6-4-3-5-13(15)14(17)21-2/h7-9,13H,3-6H2,1-2H3. The molecule has 0 spiro atoms. The van der Waals surface area contributed by atoms with Crippen molar-refractivity contribution >= 4 is 17.3 Å². The first-order valence-electron chi connectivity index (χ1n) is 6.74. The van der Waals surface area contributed by atoms with Crippen LogP contribution in [-0.2, 0) is 9.53 Å². The SMILES string of the molecule is COC(=O)C1CCCCN1c1cc(OC)cc([N+](=O)[O-])c1. The molecule has 114 valence electrons. The second-order valence-electron chi connectivity index (χ2n) is 4.87. The first kappa shape index (κ1) is 15.1. The van der Waals surface area contributed by atoms with Crippen LogP contribution in [0.3, 0.4) is 0 Å². The molecule has 0 aliphatic carbocycles. The van der Waals surface area contributed by atoms with E-state index in [-0.39, 0.29) is 11.7 Å². The zero-order chi connectivity index (χ0) is 15.4. The van der Waals surface area contributed by atoms with Gasteiger partial charge < -0.3 is 14.4 Å². The summed E-state index contributed by atoms with van der Waals surface area (Å²) in [5, 5.41) is 11.0. The summed E-state index contributed by atoms with van der Waals surface area (Å²) in [6.07, 6.45) is 2.54. The minimum absolute atomic E-state index is 0.0569. The average molecular weight is 294 g/mol. The first-order valence-corrected chi connectivity index (χ1v) is 6.74. The lowest BCUT2D eigenvalue weighted by molar-refractivity contribution is -0.384. The van der Waals surface area contributed by atoms with Gasteiger partial charge in [0.2, 0.25) is 0 Å². The van der Waals surface area contributed by atoms with Crippen molar-refractivity contribution in [2.75, 3.05) is 25.7 Å². The van der Waals surface area contributed by atoms with Gasteiger partial charge in [-0.25, -0.2) is 4.79 Å². The van der Waals surface area contributed by atoms with Crippen LogP contribution in [0, 0.1) is 10.1 Å². The number of benzene rings is 1. The molecule has 21 heavy (non-hydrogen) atoms. The van der Waals surface area contributed by atoms with Gasteiger partial charge in [0.25, 0.3) is 5.69 Å². The summed E-state index contributed by atoms with van der Waals surface area (Å²) in [5.74, 6) is 0.0774. The lowest BCUT2D eigenvalue weighted by Crippen LogP contribution is -2.45. The highest BCUT2D eigenvalue weighted by molar-refractivity contribution is 5.80. The van der Waals surface area contributed by atoms with Gasteiger partial charge in [-0.05, 0) is 19.3 Å². The quantitative estimate of drug-likeness (QED) is 0.480. The summed E-state index contributed by atoms with van der Waals surface area (Å²) in [4.78, 5) is 24.3. The molecule has 7 heteroatoms. The van der Waals surface area contributed by atoms with Crippen LogP contribution < -0.4 is 9.64 Å². The molecule has 1 aliphatic rings. The van der Waals surface area contributed by atoms with Crippen LogP contribution in [0.4, 0.5) is 11.4 Å². The molecule has 0 aromatic heterocycles. The number of hydrogen-bond acceptors (Lipinski definition) is 6. The van der Waals surface area contributed by atoms with E-state index in [9.17, 15) is 14.9 Å². The number of piperidine rings is 1. The lowest BCUT2D eigenvalue weighted by atomic mass is 10.0. The van der Waals surface area contributed by atoms with Crippen LogP contribution in [0.25, 0.3) is 0 Å². The van der Waals surface area contributed by atoms with Crippen molar-refractivity contribution in [2.45, 2.75) is 25.3 Å². The molecule has 0 N–H and O–H groups in total. The van der Waals surface area contributed by atoms with E-state index in [1.54, 1.807) is 6.07 Å². The summed E-state index contributed by atoms with van der Waals surface area (Å²) >= 11 is 0. The predicted octanol–water partition coefficient (Wildman–Crippen LogP) is 2.14. The fourth-order valence-corrected chi connectivity index (χ4v) is 2.58. The predicted molar refractivity (Wildman–Crippen MR) is 76.6 cm³/mol. The number of anilines is 1. The Labute approximate surface area is 122 Å². The van der Waals surface area contributed by atoms with Crippen LogP contribution in [0.5, 0.6) is 5.75 Å². The molecular weight excluding hydrogens is 276 g/mol. The molecule has 1 fully saturated rings. The van der Waals surface area contributed by atoms with Gasteiger partial charge in [0, 0.05) is 24.4 Å². The number of ether oxygens (including phenoxy) is 2. The van der Waals surface area contributed by atoms with Crippen molar-refractivity contribution in [3.8, 4) is 5.75 Å². The maximum Gasteiger partial charge on any atom is 0.328 e. The number of non-ortho nitro benzene ring substituents is 1. The maximum absolute atomic E-state index is 11.9. The van der Waals surface area contributed by atoms with Crippen molar-refractivity contribution in [1.29, 1.82) is 0 Å². The van der Waals surface area contributed by atoms with E-state index < -0.39 is 11.0 Å². The Hall–Kier alpha value is -2.31. The van der Waals surface area contributed by atoms with Crippen LogP contribution in [0.1, 0.15) is 19.3 Å². The molecule has 1 aromatic rings. The molecule has 0 amide bonds. The molecule has 1 atom stereocenters. The van der Waals surface area contributed by atoms with E-state index in [1.165, 1.54) is 26.4 Å². The van der Waals surface area contributed by atoms with E-state index in [2.05, 4.69) is 0 Å². The lowest BCUT2D eigenvalue weighted by Gasteiger charge is -2.35. The van der Waals surface area contributed by atoms with Gasteiger partial charge in [-0.15, -0.1) is 0 Å². The van der Waals surface area contributed by atoms with Gasteiger partial charge in [0.05, 0.1) is 25.2 Å². The van der Waals surface area contributed by atoms with Gasteiger partial charge in [0.1, 0.15) is 11.8 Å². The van der Waals surface area contributed by atoms with Gasteiger partial charge in [0.15, 0.2) is 0 Å². The average Bonchev–Trinajstić information content (AvgIpc) is 2.53. The highest BCUT2D eigenvalue weighted by Crippen LogP contribution is 2.32. The monoisotopic (exact) mass is 294 g/mol. The van der Waals surface area contributed by atoms with E-state index >= 15 is 0 Å². The van der Waals surface area contributed by atoms with Crippen LogP contribution >= 0.6 is 0 Å². The minimum atomic E-state index is -0.469. The van der Waals surface area contributed by atoms with E-state index in [4.69, 9.17) is 9.47 Å². The maximum atomic E-state index is 11.9. The summed E-state index contributed by atoms with van der Waals surface area (Å²) in [6.45, 7) is 0.657. The molecule has 2 rings (SSSR count). The van der Waals surface area contributed by atoms with Crippen molar-refractivity contribution in [3.05, 3.63) is 28.3 Å². The third-order valence-electron chi connectivity index (χ3n) is 3.63. The second-order valence-corrected chi connectivity index (χ2v) is 4.87. The second kappa shape index (κ2) is 6.43. The summed E-state index contributed by atoms with van der Waals surface area (Å²) < 4.78 is 9.94. The highest BCUT2D eigenvalue weighted by Gasteiger charge is 2.30. The number of esters is 1. The summed E-state index contributed by atoms with van der Waals surface area (Å²) in [6, 6.07) is 4.12. The number of carbonyl (C=O) groups excluding carboxylic acids is 1. The van der Waals surface area contributed by atoms with E-state index in [1.807, 2.05) is 4.90 Å². The number of methoxy groups -OCH3 is 2. The fourth-order valence-electron chi connectivity index (χ4n) is 2.58. The van der Waals surface area contributed by atoms with Gasteiger partial charge in [-0.3, -0.25) is 10.1 Å². The normalized spacial score (nSPS) is 18.2. The van der Waals surface area contributed by atoms with Gasteiger partial charge in [-0.1, -0.05) is 0 Å². The van der Waals surface area contributed by atoms with Crippen LogP contribution in [-0.4, -0.2) is 37.7 Å². The number of nitro groups is 1. The Kier molecular flexibility index (Phi) is 4.62. The van der Waals surface area contributed by atoms with E-state index in [0.29, 0.717) is 24.4 Å². The Morgan fingerprint density at radius 2 is 2.10 bits per heavy atom. The number of rotatable bonds is 4. The minimum Gasteiger partial charge on any atom is -0.496 e. The van der Waals surface area contributed by atoms with Crippen molar-refractivity contribution in [2.24, 2.45) is 0 Å². The fraction of sp³-hybridized carbons (Fsp3) is 0.500. The van der Waals surface area contributed by atoms with Crippen LogP contribution in [0.2, 0.25) is 0 Å². The smallest absolute Gasteiger partial charge is 0.328 e. The molecule has 0 radical (unpaired) electrons. The largest absolute Gasteiger partial charge is 0.496 e. The highest BCUT2D eigenvalue weighted by atomic mass is 16.6. The molecule has 0 bridgehead atoms. The molecule has 0 saturated carbocycles. The summed E-state index contributed by atoms with van der Waals surface area (Å²) in [5.41, 5.74) is 0.551. The van der Waals surface area contributed by atoms with Gasteiger partial charge >= 0.3 is 5.97 Å². The van der Waals surface area contributed by atoms with Crippen LogP contribution in [0.15, 0.2) is 18.2 Å². The molecule has 1 heterocycles. The third-order valence-corrected chi connectivity index (χ3v) is 3.63. The Morgan fingerprint density at radius 1 is 1.33 bits per heavy atom. The molecular formula is C14H18N2O5. The van der Waals surface area contributed by atoms with Crippen molar-refractivity contribution in [3.63, 3.8) is 0 Å². The molecule has 1 saturated heterocycles. The number of carbonyl (C=O) groups is 1. The third kappa shape index (κ3) is 3.24. The Bertz CT molecular complexity index is 546. The van der Waals surface area contributed by atoms with E-state index in [0.717, 1.165) is 12.8 Å².